The summed E-state index contributed by atoms with van der Waals surface area (Å²) in [4.78, 5) is 27.6. The van der Waals surface area contributed by atoms with E-state index in [0.29, 0.717) is 27.2 Å². The van der Waals surface area contributed by atoms with E-state index in [1.165, 1.54) is 7.11 Å². The molecule has 1 aromatic heterocycles. The van der Waals surface area contributed by atoms with Gasteiger partial charge in [0, 0.05) is 38.7 Å². The van der Waals surface area contributed by atoms with E-state index in [0.717, 1.165) is 16.1 Å². The minimum absolute atomic E-state index is 0.106. The van der Waals surface area contributed by atoms with E-state index < -0.39 is 5.97 Å². The second-order valence-corrected chi connectivity index (χ2v) is 8.98. The Balaban J connectivity index is 0.00000167. The van der Waals surface area contributed by atoms with E-state index in [4.69, 9.17) is 21.4 Å². The SMILES string of the molecule is CC.COC(=O)c1c(Cc2ccc(SCCO)cc2)c(=O)c2ccc(Cl)cc2n1-c1ccccc1. The normalized spacial score (nSPS) is 10.5. The van der Waals surface area contributed by atoms with Gasteiger partial charge in [-0.1, -0.05) is 55.8 Å². The van der Waals surface area contributed by atoms with Crippen LogP contribution in [0.1, 0.15) is 35.5 Å². The maximum Gasteiger partial charge on any atom is 0.355 e. The van der Waals surface area contributed by atoms with Gasteiger partial charge in [0.1, 0.15) is 5.69 Å². The smallest absolute Gasteiger partial charge is 0.355 e. The Labute approximate surface area is 214 Å². The van der Waals surface area contributed by atoms with E-state index in [1.807, 2.05) is 68.4 Å². The summed E-state index contributed by atoms with van der Waals surface area (Å²) >= 11 is 7.82. The summed E-state index contributed by atoms with van der Waals surface area (Å²) in [6.07, 6.45) is 0.264. The highest BCUT2D eigenvalue weighted by molar-refractivity contribution is 7.99. The number of hydrogen-bond acceptors (Lipinski definition) is 5. The van der Waals surface area contributed by atoms with Crippen LogP contribution in [-0.4, -0.2) is 35.1 Å². The van der Waals surface area contributed by atoms with Gasteiger partial charge in [-0.2, -0.15) is 0 Å². The molecule has 7 heteroatoms. The first-order valence-corrected chi connectivity index (χ1v) is 12.7. The Morgan fingerprint density at radius 1 is 1.03 bits per heavy atom. The molecule has 0 bridgehead atoms. The predicted octanol–water partition coefficient (Wildman–Crippen LogP) is 6.13. The summed E-state index contributed by atoms with van der Waals surface area (Å²) in [5, 5.41) is 9.96. The molecule has 0 fully saturated rings. The average Bonchev–Trinajstić information content (AvgIpc) is 2.90. The zero-order chi connectivity index (χ0) is 25.4. The molecule has 3 aromatic carbocycles. The van der Waals surface area contributed by atoms with Crippen molar-refractivity contribution in [1.29, 1.82) is 0 Å². The second kappa shape index (κ2) is 12.6. The number of nitrogens with zero attached hydrogens (tertiary/aromatic N) is 1. The van der Waals surface area contributed by atoms with E-state index >= 15 is 0 Å². The van der Waals surface area contributed by atoms with Gasteiger partial charge < -0.3 is 14.4 Å². The van der Waals surface area contributed by atoms with Gasteiger partial charge in [-0.25, -0.2) is 4.79 Å². The fourth-order valence-electron chi connectivity index (χ4n) is 3.80. The van der Waals surface area contributed by atoms with Crippen LogP contribution in [0, 0.1) is 0 Å². The number of rotatable bonds is 7. The summed E-state index contributed by atoms with van der Waals surface area (Å²) in [6, 6.07) is 22.2. The molecule has 35 heavy (non-hydrogen) atoms. The van der Waals surface area contributed by atoms with Gasteiger partial charge in [-0.05, 0) is 48.0 Å². The lowest BCUT2D eigenvalue weighted by molar-refractivity contribution is 0.0590. The standard InChI is InChI=1S/C26H22ClNO4S.C2H6/c1-32-26(31)24-22(15-17-7-10-20(11-8-17)33-14-13-29)25(30)21-12-9-18(27)16-23(21)28(24)19-5-3-2-4-6-19;1-2/h2-12,16,29H,13-15H2,1H3;1-2H3. The van der Waals surface area contributed by atoms with Gasteiger partial charge in [0.2, 0.25) is 0 Å². The van der Waals surface area contributed by atoms with Crippen molar-refractivity contribution >= 4 is 40.2 Å². The molecule has 0 saturated carbocycles. The minimum Gasteiger partial charge on any atom is -0.464 e. The van der Waals surface area contributed by atoms with Crippen LogP contribution in [-0.2, 0) is 11.2 Å². The predicted molar refractivity (Wildman–Crippen MR) is 144 cm³/mol. The maximum atomic E-state index is 13.6. The summed E-state index contributed by atoms with van der Waals surface area (Å²) in [7, 11) is 1.31. The first-order chi connectivity index (χ1) is 17.0. The van der Waals surface area contributed by atoms with Crippen molar-refractivity contribution in [3.63, 3.8) is 0 Å². The molecule has 0 radical (unpaired) electrons. The monoisotopic (exact) mass is 509 g/mol. The zero-order valence-electron chi connectivity index (χ0n) is 20.0. The summed E-state index contributed by atoms with van der Waals surface area (Å²) in [5.41, 5.74) is 2.46. The summed E-state index contributed by atoms with van der Waals surface area (Å²) in [5.74, 6) is 0.0175. The van der Waals surface area contributed by atoms with Crippen LogP contribution in [0.15, 0.2) is 82.5 Å². The van der Waals surface area contributed by atoms with Gasteiger partial charge in [-0.15, -0.1) is 11.8 Å². The average molecular weight is 510 g/mol. The molecule has 0 spiro atoms. The van der Waals surface area contributed by atoms with E-state index in [9.17, 15) is 9.59 Å². The number of thioether (sulfide) groups is 1. The first-order valence-electron chi connectivity index (χ1n) is 11.4. The fourth-order valence-corrected chi connectivity index (χ4v) is 4.62. The number of halogens is 1. The van der Waals surface area contributed by atoms with Crippen LogP contribution >= 0.6 is 23.4 Å². The van der Waals surface area contributed by atoms with E-state index in [-0.39, 0.29) is 24.2 Å². The number of methoxy groups -OCH3 is 1. The molecule has 0 aliphatic carbocycles. The molecule has 1 N–H and O–H groups in total. The van der Waals surface area contributed by atoms with Crippen LogP contribution in [0.2, 0.25) is 5.02 Å². The highest BCUT2D eigenvalue weighted by atomic mass is 35.5. The highest BCUT2D eigenvalue weighted by Gasteiger charge is 2.24. The van der Waals surface area contributed by atoms with Crippen molar-refractivity contribution in [2.75, 3.05) is 19.5 Å². The molecule has 4 aromatic rings. The molecule has 0 saturated heterocycles. The zero-order valence-corrected chi connectivity index (χ0v) is 21.5. The van der Waals surface area contributed by atoms with E-state index in [2.05, 4.69) is 0 Å². The Bertz CT molecular complexity index is 1350. The van der Waals surface area contributed by atoms with Gasteiger partial charge in [0.05, 0.1) is 19.2 Å². The van der Waals surface area contributed by atoms with Crippen LogP contribution in [0.3, 0.4) is 0 Å². The minimum atomic E-state index is -0.594. The second-order valence-electron chi connectivity index (χ2n) is 7.37. The van der Waals surface area contributed by atoms with Crippen LogP contribution < -0.4 is 5.43 Å². The van der Waals surface area contributed by atoms with Crippen molar-refractivity contribution in [3.8, 4) is 5.69 Å². The molecule has 5 nitrogen and oxygen atoms in total. The molecule has 182 valence electrons. The number of hydrogen-bond donors (Lipinski definition) is 1. The largest absolute Gasteiger partial charge is 0.464 e. The number of fused-ring (bicyclic) bond motifs is 1. The number of carbonyl (C=O) groups excluding carboxylic acids is 1. The molecule has 0 atom stereocenters. The molecular weight excluding hydrogens is 482 g/mol. The molecule has 0 aliphatic heterocycles. The van der Waals surface area contributed by atoms with Gasteiger partial charge in [0.15, 0.2) is 5.43 Å². The lowest BCUT2D eigenvalue weighted by atomic mass is 9.99. The molecule has 0 amide bonds. The maximum absolute atomic E-state index is 13.6. The number of aliphatic hydroxyl groups excluding tert-OH is 1. The number of pyridine rings is 1. The number of ether oxygens (including phenoxy) is 1. The number of benzene rings is 3. The molecule has 0 aliphatic rings. The third-order valence-electron chi connectivity index (χ3n) is 5.29. The number of aliphatic hydroxyl groups is 1. The Kier molecular flexibility index (Phi) is 9.55. The van der Waals surface area contributed by atoms with Gasteiger partial charge >= 0.3 is 5.97 Å². The number of carbonyl (C=O) groups is 1. The van der Waals surface area contributed by atoms with Crippen LogP contribution in [0.4, 0.5) is 0 Å². The van der Waals surface area contributed by atoms with Crippen molar-refractivity contribution in [2.45, 2.75) is 25.2 Å². The number of aromatic nitrogens is 1. The van der Waals surface area contributed by atoms with Crippen molar-refractivity contribution in [1.82, 2.24) is 4.57 Å². The molecular formula is C28H28ClNO4S. The Morgan fingerprint density at radius 3 is 2.34 bits per heavy atom. The Hall–Kier alpha value is -3.06. The lowest BCUT2D eigenvalue weighted by Crippen LogP contribution is -2.24. The van der Waals surface area contributed by atoms with Crippen molar-refractivity contribution in [3.05, 3.63) is 105 Å². The van der Waals surface area contributed by atoms with Gasteiger partial charge in [-0.3, -0.25) is 4.79 Å². The molecule has 1 heterocycles. The quantitative estimate of drug-likeness (QED) is 0.239. The summed E-state index contributed by atoms with van der Waals surface area (Å²) < 4.78 is 6.86. The number of para-hydroxylation sites is 1. The molecule has 0 unspecified atom stereocenters. The highest BCUT2D eigenvalue weighted by Crippen LogP contribution is 2.27. The van der Waals surface area contributed by atoms with Crippen molar-refractivity contribution in [2.24, 2.45) is 0 Å². The first kappa shape index (κ1) is 26.5. The van der Waals surface area contributed by atoms with E-state index in [1.54, 1.807) is 34.5 Å². The third kappa shape index (κ3) is 5.96. The summed E-state index contributed by atoms with van der Waals surface area (Å²) in [6.45, 7) is 4.11. The van der Waals surface area contributed by atoms with Crippen LogP contribution in [0.25, 0.3) is 16.6 Å². The van der Waals surface area contributed by atoms with Crippen molar-refractivity contribution < 1.29 is 14.6 Å². The fraction of sp³-hybridized carbons (Fsp3) is 0.214. The Morgan fingerprint density at radius 2 is 1.71 bits per heavy atom. The van der Waals surface area contributed by atoms with Gasteiger partial charge in [0.25, 0.3) is 0 Å². The third-order valence-corrected chi connectivity index (χ3v) is 6.51. The number of esters is 1. The lowest BCUT2D eigenvalue weighted by Gasteiger charge is -2.19. The molecule has 4 rings (SSSR count). The topological polar surface area (TPSA) is 68.5 Å². The van der Waals surface area contributed by atoms with Crippen LogP contribution in [0.5, 0.6) is 0 Å².